The fraction of sp³-hybridized carbons (Fsp3) is 0.864. The Morgan fingerprint density at radius 1 is 1.17 bits per heavy atom. The Labute approximate surface area is 173 Å². The number of hydrogen-bond acceptors (Lipinski definition) is 5. The minimum atomic E-state index is -0.427. The standard InChI is InChI=1S/C22H36N2O5/c1-14-7-6-10-29-21(28)23-9-5-4-8-15(13-25)11-17(26)19-18-16(22(18,2)3)12-24(19)20(14)27/h14-16,18-19,25H,4-13H2,1-3H3,(H,23,28)/t14-,15+,16-,18-,19+/m0/s1. The maximum Gasteiger partial charge on any atom is 0.407 e. The van der Waals surface area contributed by atoms with Crippen LogP contribution in [0.4, 0.5) is 4.79 Å². The highest BCUT2D eigenvalue weighted by Gasteiger charge is 2.69. The lowest BCUT2D eigenvalue weighted by atomic mass is 9.89. The van der Waals surface area contributed by atoms with Crippen LogP contribution in [0.2, 0.25) is 0 Å². The molecule has 7 heteroatoms. The van der Waals surface area contributed by atoms with Gasteiger partial charge in [0.1, 0.15) is 0 Å². The van der Waals surface area contributed by atoms with Gasteiger partial charge >= 0.3 is 6.09 Å². The van der Waals surface area contributed by atoms with Gasteiger partial charge in [0.25, 0.3) is 0 Å². The van der Waals surface area contributed by atoms with Gasteiger partial charge in [-0.3, -0.25) is 9.59 Å². The molecule has 1 saturated carbocycles. The van der Waals surface area contributed by atoms with Crippen molar-refractivity contribution in [3.8, 4) is 0 Å². The van der Waals surface area contributed by atoms with Crippen molar-refractivity contribution >= 4 is 17.8 Å². The summed E-state index contributed by atoms with van der Waals surface area (Å²) < 4.78 is 5.18. The predicted molar refractivity (Wildman–Crippen MR) is 108 cm³/mol. The van der Waals surface area contributed by atoms with E-state index in [0.717, 1.165) is 19.3 Å². The Hall–Kier alpha value is -1.63. The van der Waals surface area contributed by atoms with Crippen molar-refractivity contribution in [2.45, 2.75) is 65.3 Å². The van der Waals surface area contributed by atoms with E-state index < -0.39 is 6.09 Å². The first-order valence-corrected chi connectivity index (χ1v) is 11.1. The van der Waals surface area contributed by atoms with Crippen LogP contribution in [0.5, 0.6) is 0 Å². The van der Waals surface area contributed by atoms with E-state index in [0.29, 0.717) is 38.3 Å². The molecule has 3 aliphatic rings. The summed E-state index contributed by atoms with van der Waals surface area (Å²) in [5.41, 5.74) is 0.105. The minimum absolute atomic E-state index is 0.0284. The van der Waals surface area contributed by atoms with Gasteiger partial charge in [0, 0.05) is 32.0 Å². The smallest absolute Gasteiger partial charge is 0.407 e. The summed E-state index contributed by atoms with van der Waals surface area (Å²) in [5, 5.41) is 12.5. The summed E-state index contributed by atoms with van der Waals surface area (Å²) in [5.74, 6) is 0.446. The summed E-state index contributed by atoms with van der Waals surface area (Å²) in [6.07, 6.45) is 3.47. The maximum atomic E-state index is 13.3. The van der Waals surface area contributed by atoms with Gasteiger partial charge in [-0.25, -0.2) is 4.79 Å². The van der Waals surface area contributed by atoms with Gasteiger partial charge in [-0.15, -0.1) is 0 Å². The molecule has 5 atom stereocenters. The fourth-order valence-corrected chi connectivity index (χ4v) is 5.31. The zero-order valence-electron chi connectivity index (χ0n) is 18.0. The van der Waals surface area contributed by atoms with Crippen molar-refractivity contribution in [1.82, 2.24) is 10.2 Å². The molecule has 0 aromatic rings. The number of aliphatic hydroxyl groups excluding tert-OH is 1. The SMILES string of the molecule is C[C@H]1CCCOC(=O)NCCCC[C@@H](CO)CC(=O)[C@@H]2[C@@H]3[C@H](CN2C1=O)C3(C)C. The molecular formula is C22H36N2O5. The number of rotatable bonds is 1. The molecular weight excluding hydrogens is 372 g/mol. The van der Waals surface area contributed by atoms with Crippen LogP contribution in [-0.2, 0) is 14.3 Å². The number of ether oxygens (including phenoxy) is 1. The number of carbonyl (C=O) groups is 3. The van der Waals surface area contributed by atoms with Crippen molar-refractivity contribution in [3.63, 3.8) is 0 Å². The lowest BCUT2D eigenvalue weighted by Crippen LogP contribution is -2.47. The largest absolute Gasteiger partial charge is 0.450 e. The van der Waals surface area contributed by atoms with E-state index in [1.54, 1.807) is 0 Å². The number of cyclic esters (lactones) is 1. The third kappa shape index (κ3) is 4.76. The molecule has 0 bridgehead atoms. The van der Waals surface area contributed by atoms with Crippen molar-refractivity contribution < 1.29 is 24.2 Å². The van der Waals surface area contributed by atoms with E-state index in [-0.39, 0.29) is 54.1 Å². The Morgan fingerprint density at radius 3 is 2.66 bits per heavy atom. The number of ketones is 1. The van der Waals surface area contributed by atoms with E-state index in [1.807, 2.05) is 11.8 Å². The topological polar surface area (TPSA) is 95.9 Å². The molecule has 7 nitrogen and oxygen atoms in total. The zero-order chi connectivity index (χ0) is 21.2. The Kier molecular flexibility index (Phi) is 6.87. The van der Waals surface area contributed by atoms with Crippen LogP contribution in [0, 0.1) is 29.1 Å². The molecule has 2 aliphatic heterocycles. The lowest BCUT2D eigenvalue weighted by Gasteiger charge is -2.32. The molecule has 2 heterocycles. The average molecular weight is 409 g/mol. The van der Waals surface area contributed by atoms with Crippen LogP contribution in [0.25, 0.3) is 0 Å². The quantitative estimate of drug-likeness (QED) is 0.694. The zero-order valence-corrected chi connectivity index (χ0v) is 18.0. The number of aliphatic hydroxyl groups is 1. The highest BCUT2D eigenvalue weighted by molar-refractivity contribution is 5.91. The van der Waals surface area contributed by atoms with Gasteiger partial charge < -0.3 is 20.1 Å². The molecule has 0 radical (unpaired) electrons. The number of piperidine rings is 1. The van der Waals surface area contributed by atoms with Crippen LogP contribution in [0.3, 0.4) is 0 Å². The molecule has 29 heavy (non-hydrogen) atoms. The second kappa shape index (κ2) is 9.02. The first kappa shape index (κ1) is 22.1. The highest BCUT2D eigenvalue weighted by Crippen LogP contribution is 2.65. The third-order valence-corrected chi connectivity index (χ3v) is 7.31. The monoisotopic (exact) mass is 408 g/mol. The molecule has 0 unspecified atom stereocenters. The molecule has 0 spiro atoms. The summed E-state index contributed by atoms with van der Waals surface area (Å²) in [4.78, 5) is 39.9. The van der Waals surface area contributed by atoms with Crippen LogP contribution >= 0.6 is 0 Å². The van der Waals surface area contributed by atoms with E-state index >= 15 is 0 Å². The van der Waals surface area contributed by atoms with Gasteiger partial charge in [-0.1, -0.05) is 27.2 Å². The number of hydrogen-bond donors (Lipinski definition) is 2. The molecule has 0 aromatic heterocycles. The molecule has 2 saturated heterocycles. The van der Waals surface area contributed by atoms with Gasteiger partial charge in [0.2, 0.25) is 5.91 Å². The summed E-state index contributed by atoms with van der Waals surface area (Å²) in [6, 6.07) is -0.353. The number of fused-ring (bicyclic) bond motifs is 3. The molecule has 1 aliphatic carbocycles. The van der Waals surface area contributed by atoms with Crippen LogP contribution < -0.4 is 5.32 Å². The number of nitrogens with one attached hydrogen (secondary N) is 1. The number of amides is 2. The Balaban J connectivity index is 1.74. The number of alkyl carbamates (subject to hydrolysis) is 1. The van der Waals surface area contributed by atoms with Gasteiger partial charge in [-0.05, 0) is 48.9 Å². The van der Waals surface area contributed by atoms with Crippen molar-refractivity contribution in [1.29, 1.82) is 0 Å². The van der Waals surface area contributed by atoms with E-state index in [4.69, 9.17) is 4.74 Å². The average Bonchev–Trinajstić information content (AvgIpc) is 3.04. The van der Waals surface area contributed by atoms with Crippen LogP contribution in [0.15, 0.2) is 0 Å². The second-order valence-corrected chi connectivity index (χ2v) is 9.71. The molecule has 2 N–H and O–H groups in total. The molecule has 2 amide bonds. The molecule has 3 rings (SSSR count). The Bertz CT molecular complexity index is 635. The number of Topliss-reactive ketones (excluding diaryl/α,β-unsaturated/α-hetero) is 1. The molecule has 0 aromatic carbocycles. The van der Waals surface area contributed by atoms with E-state index in [1.165, 1.54) is 0 Å². The fourth-order valence-electron chi connectivity index (χ4n) is 5.31. The first-order chi connectivity index (χ1) is 13.8. The highest BCUT2D eigenvalue weighted by atomic mass is 16.5. The van der Waals surface area contributed by atoms with Crippen LogP contribution in [-0.4, -0.2) is 60.1 Å². The summed E-state index contributed by atoms with van der Waals surface area (Å²) in [6.45, 7) is 7.70. The third-order valence-electron chi connectivity index (χ3n) is 7.31. The van der Waals surface area contributed by atoms with Crippen molar-refractivity contribution in [3.05, 3.63) is 0 Å². The summed E-state index contributed by atoms with van der Waals surface area (Å²) >= 11 is 0. The van der Waals surface area contributed by atoms with Gasteiger partial charge in [-0.2, -0.15) is 0 Å². The van der Waals surface area contributed by atoms with Gasteiger partial charge in [0.05, 0.1) is 12.6 Å². The maximum absolute atomic E-state index is 13.3. The van der Waals surface area contributed by atoms with Crippen molar-refractivity contribution in [2.75, 3.05) is 26.3 Å². The normalized spacial score (nSPS) is 36.5. The van der Waals surface area contributed by atoms with E-state index in [9.17, 15) is 19.5 Å². The Morgan fingerprint density at radius 2 is 1.93 bits per heavy atom. The number of nitrogens with zero attached hydrogens (tertiary/aromatic N) is 1. The van der Waals surface area contributed by atoms with Crippen molar-refractivity contribution in [2.24, 2.45) is 29.1 Å². The van der Waals surface area contributed by atoms with E-state index in [2.05, 4.69) is 19.2 Å². The predicted octanol–water partition coefficient (Wildman–Crippen LogP) is 2.36. The van der Waals surface area contributed by atoms with Crippen LogP contribution in [0.1, 0.15) is 59.3 Å². The summed E-state index contributed by atoms with van der Waals surface area (Å²) in [7, 11) is 0. The molecule has 164 valence electrons. The second-order valence-electron chi connectivity index (χ2n) is 9.71. The van der Waals surface area contributed by atoms with Gasteiger partial charge in [0.15, 0.2) is 5.78 Å². The molecule has 3 fully saturated rings. The lowest BCUT2D eigenvalue weighted by molar-refractivity contribution is -0.143. The minimum Gasteiger partial charge on any atom is -0.450 e. The number of carbonyl (C=O) groups excluding carboxylic acids is 3. The first-order valence-electron chi connectivity index (χ1n) is 11.1.